The number of nitrogens with zero attached hydrogens (tertiary/aromatic N) is 1. The number of carbonyl (C=O) groups is 2. The topological polar surface area (TPSA) is 75.7 Å². The fourth-order valence-corrected chi connectivity index (χ4v) is 5.73. The van der Waals surface area contributed by atoms with Crippen molar-refractivity contribution in [2.24, 2.45) is 0 Å². The average molecular weight is 531 g/mol. The van der Waals surface area contributed by atoms with E-state index in [1.54, 1.807) is 66.6 Å². The fourth-order valence-electron chi connectivity index (χ4n) is 4.26. The maximum Gasteiger partial charge on any atom is 0.259 e. The van der Waals surface area contributed by atoms with Crippen LogP contribution in [-0.4, -0.2) is 23.1 Å². The number of hydrogen-bond donors (Lipinski definition) is 1. The van der Waals surface area contributed by atoms with Gasteiger partial charge in [-0.3, -0.25) is 9.59 Å². The maximum absolute atomic E-state index is 13.7. The van der Waals surface area contributed by atoms with Crippen LogP contribution in [0.5, 0.6) is 5.75 Å². The molecule has 0 fully saturated rings. The summed E-state index contributed by atoms with van der Waals surface area (Å²) in [6, 6.07) is 26.5. The summed E-state index contributed by atoms with van der Waals surface area (Å²) < 4.78 is 18.9. The minimum Gasteiger partial charge on any atom is -0.496 e. The van der Waals surface area contributed by atoms with E-state index in [0.29, 0.717) is 37.4 Å². The van der Waals surface area contributed by atoms with Gasteiger partial charge in [0.05, 0.1) is 45.5 Å². The summed E-state index contributed by atoms with van der Waals surface area (Å²) in [6.07, 6.45) is 0. The van der Waals surface area contributed by atoms with Crippen LogP contribution in [0.3, 0.4) is 0 Å². The van der Waals surface area contributed by atoms with Crippen molar-refractivity contribution in [3.8, 4) is 5.75 Å². The van der Waals surface area contributed by atoms with Crippen molar-refractivity contribution < 1.29 is 18.5 Å². The third kappa shape index (κ3) is 5.01. The highest BCUT2D eigenvalue weighted by Gasteiger charge is 2.31. The molecule has 0 aliphatic carbocycles. The Hall–Kier alpha value is -3.94. The molecule has 0 unspecified atom stereocenters. The van der Waals surface area contributed by atoms with Crippen LogP contribution in [0.2, 0.25) is 5.02 Å². The Kier molecular flexibility index (Phi) is 7.08. The zero-order chi connectivity index (χ0) is 25.9. The highest BCUT2D eigenvalue weighted by molar-refractivity contribution is 7.85. The molecule has 1 N–H and O–H groups in total. The Morgan fingerprint density at radius 3 is 2.46 bits per heavy atom. The predicted octanol–water partition coefficient (Wildman–Crippen LogP) is 5.61. The summed E-state index contributed by atoms with van der Waals surface area (Å²) >= 11 is 6.05. The Morgan fingerprint density at radius 2 is 1.68 bits per heavy atom. The molecule has 1 aliphatic rings. The van der Waals surface area contributed by atoms with Gasteiger partial charge in [0.25, 0.3) is 11.8 Å². The Bertz CT molecular complexity index is 1520. The summed E-state index contributed by atoms with van der Waals surface area (Å²) in [7, 11) is -0.0207. The molecule has 1 heterocycles. The van der Waals surface area contributed by atoms with Gasteiger partial charge in [0.1, 0.15) is 5.75 Å². The molecule has 0 saturated carbocycles. The number of ether oxygens (including phenoxy) is 1. The van der Waals surface area contributed by atoms with Crippen LogP contribution in [0.4, 0.5) is 5.69 Å². The fraction of sp³-hybridized carbons (Fsp3) is 0.103. The number of rotatable bonds is 6. The molecule has 0 radical (unpaired) electrons. The number of anilines is 1. The standard InChI is InChI=1S/C29H23ClN2O4S/c1-36-25-8-4-2-6-21(25)17-31-28(33)20-12-15-27-24(16-20)32(18-19-10-13-22(30)14-11-19)29(34)23-7-3-5-9-26(23)37(27)35/h2-16H,17-18H2,1H3,(H,31,33)/t37-/m1/s1. The second kappa shape index (κ2) is 10.6. The van der Waals surface area contributed by atoms with E-state index in [4.69, 9.17) is 16.3 Å². The third-order valence-electron chi connectivity index (χ3n) is 6.16. The third-order valence-corrected chi connectivity index (χ3v) is 7.91. The Balaban J connectivity index is 1.52. The maximum atomic E-state index is 13.7. The lowest BCUT2D eigenvalue weighted by Gasteiger charge is -2.23. The molecule has 1 atom stereocenters. The van der Waals surface area contributed by atoms with E-state index in [0.717, 1.165) is 11.1 Å². The van der Waals surface area contributed by atoms with Crippen LogP contribution in [0.25, 0.3) is 0 Å². The molecule has 0 aromatic heterocycles. The lowest BCUT2D eigenvalue weighted by molar-refractivity contribution is 0.0947. The van der Waals surface area contributed by atoms with Crippen molar-refractivity contribution in [3.05, 3.63) is 118 Å². The zero-order valence-electron chi connectivity index (χ0n) is 19.9. The highest BCUT2D eigenvalue weighted by Crippen LogP contribution is 2.36. The number of hydrogen-bond acceptors (Lipinski definition) is 4. The van der Waals surface area contributed by atoms with Crippen LogP contribution in [0.1, 0.15) is 31.8 Å². The molecule has 4 aromatic rings. The summed E-state index contributed by atoms with van der Waals surface area (Å²) in [5.74, 6) is 0.0713. The van der Waals surface area contributed by atoms with E-state index in [2.05, 4.69) is 5.32 Å². The number of nitrogens with one attached hydrogen (secondary N) is 1. The number of halogens is 1. The van der Waals surface area contributed by atoms with Gasteiger partial charge in [-0.25, -0.2) is 4.21 Å². The van der Waals surface area contributed by atoms with Crippen LogP contribution in [0.15, 0.2) is 101 Å². The monoisotopic (exact) mass is 530 g/mol. The molecule has 4 aromatic carbocycles. The van der Waals surface area contributed by atoms with Crippen molar-refractivity contribution >= 4 is 39.9 Å². The lowest BCUT2D eigenvalue weighted by Crippen LogP contribution is -2.31. The van der Waals surface area contributed by atoms with E-state index >= 15 is 0 Å². The first-order chi connectivity index (χ1) is 18.0. The molecular formula is C29H23ClN2O4S. The van der Waals surface area contributed by atoms with Gasteiger partial charge in [0.2, 0.25) is 0 Å². The van der Waals surface area contributed by atoms with Gasteiger partial charge >= 0.3 is 0 Å². The molecule has 1 aliphatic heterocycles. The summed E-state index contributed by atoms with van der Waals surface area (Å²) in [4.78, 5) is 29.3. The molecule has 6 nitrogen and oxygen atoms in total. The number of fused-ring (bicyclic) bond motifs is 2. The van der Waals surface area contributed by atoms with E-state index in [-0.39, 0.29) is 24.9 Å². The Labute approximate surface area is 222 Å². The zero-order valence-corrected chi connectivity index (χ0v) is 21.5. The SMILES string of the molecule is COc1ccccc1CNC(=O)c1ccc2c(c1)N(Cc1ccc(Cl)cc1)C(=O)c1ccccc1[S@]2=O. The number of para-hydroxylation sites is 1. The van der Waals surface area contributed by atoms with Gasteiger partial charge < -0.3 is 15.0 Å². The van der Waals surface area contributed by atoms with Crippen molar-refractivity contribution in [2.45, 2.75) is 22.9 Å². The molecule has 0 saturated heterocycles. The molecule has 5 rings (SSSR count). The lowest BCUT2D eigenvalue weighted by atomic mass is 10.1. The molecule has 186 valence electrons. The van der Waals surface area contributed by atoms with Crippen LogP contribution in [0, 0.1) is 0 Å². The summed E-state index contributed by atoms with van der Waals surface area (Å²) in [6.45, 7) is 0.492. The largest absolute Gasteiger partial charge is 0.496 e. The molecule has 2 amide bonds. The summed E-state index contributed by atoms with van der Waals surface area (Å²) in [5.41, 5.74) is 2.84. The number of benzene rings is 4. The van der Waals surface area contributed by atoms with Gasteiger partial charge in [0, 0.05) is 22.7 Å². The van der Waals surface area contributed by atoms with E-state index in [1.165, 1.54) is 0 Å². The second-order valence-electron chi connectivity index (χ2n) is 8.46. The molecule has 0 bridgehead atoms. The van der Waals surface area contributed by atoms with Gasteiger partial charge in [0.15, 0.2) is 0 Å². The number of methoxy groups -OCH3 is 1. The van der Waals surface area contributed by atoms with Gasteiger partial charge in [-0.1, -0.05) is 54.1 Å². The van der Waals surface area contributed by atoms with Gasteiger partial charge in [-0.2, -0.15) is 0 Å². The minimum absolute atomic E-state index is 0.223. The normalized spacial score (nSPS) is 14.4. The quantitative estimate of drug-likeness (QED) is 0.352. The van der Waals surface area contributed by atoms with Crippen LogP contribution in [-0.2, 0) is 23.9 Å². The predicted molar refractivity (Wildman–Crippen MR) is 144 cm³/mol. The first-order valence-corrected chi connectivity index (χ1v) is 13.1. The average Bonchev–Trinajstić information content (AvgIpc) is 3.02. The van der Waals surface area contributed by atoms with Gasteiger partial charge in [-0.05, 0) is 54.1 Å². The van der Waals surface area contributed by atoms with Crippen LogP contribution < -0.4 is 15.0 Å². The number of amides is 2. The van der Waals surface area contributed by atoms with E-state index in [9.17, 15) is 13.8 Å². The van der Waals surface area contributed by atoms with Crippen molar-refractivity contribution in [1.82, 2.24) is 5.32 Å². The van der Waals surface area contributed by atoms with Crippen molar-refractivity contribution in [3.63, 3.8) is 0 Å². The molecule has 8 heteroatoms. The smallest absolute Gasteiger partial charge is 0.259 e. The number of carbonyl (C=O) groups excluding carboxylic acids is 2. The van der Waals surface area contributed by atoms with Gasteiger partial charge in [-0.15, -0.1) is 0 Å². The Morgan fingerprint density at radius 1 is 0.946 bits per heavy atom. The molecule has 37 heavy (non-hydrogen) atoms. The first-order valence-electron chi connectivity index (χ1n) is 11.6. The highest BCUT2D eigenvalue weighted by atomic mass is 35.5. The van der Waals surface area contributed by atoms with Crippen molar-refractivity contribution in [2.75, 3.05) is 12.0 Å². The van der Waals surface area contributed by atoms with Crippen LogP contribution >= 0.6 is 11.6 Å². The second-order valence-corrected chi connectivity index (χ2v) is 10.3. The van der Waals surface area contributed by atoms with E-state index < -0.39 is 10.8 Å². The van der Waals surface area contributed by atoms with Crippen molar-refractivity contribution in [1.29, 1.82) is 0 Å². The first kappa shape index (κ1) is 24.7. The molecule has 0 spiro atoms. The summed E-state index contributed by atoms with van der Waals surface area (Å²) in [5, 5.41) is 3.50. The molecular weight excluding hydrogens is 508 g/mol. The minimum atomic E-state index is -1.60. The van der Waals surface area contributed by atoms with E-state index in [1.807, 2.05) is 36.4 Å².